The van der Waals surface area contributed by atoms with Crippen molar-refractivity contribution < 1.29 is 41.4 Å². The van der Waals surface area contributed by atoms with Crippen molar-refractivity contribution in [3.8, 4) is 5.75 Å². The van der Waals surface area contributed by atoms with E-state index in [9.17, 15) is 32.9 Å². The number of carbonyl (C=O) groups is 3. The van der Waals surface area contributed by atoms with Crippen LogP contribution in [0.5, 0.6) is 5.75 Å². The average molecular weight is 764 g/mol. The maximum atomic E-state index is 13.9. The van der Waals surface area contributed by atoms with E-state index in [2.05, 4.69) is 5.32 Å². The zero-order valence-electron chi connectivity index (χ0n) is 28.1. The van der Waals surface area contributed by atoms with Crippen molar-refractivity contribution in [1.29, 1.82) is 0 Å². The lowest BCUT2D eigenvalue weighted by Gasteiger charge is -2.46. The zero-order chi connectivity index (χ0) is 37.4. The predicted molar refractivity (Wildman–Crippen MR) is 194 cm³/mol. The van der Waals surface area contributed by atoms with E-state index in [1.165, 1.54) is 54.1 Å². The number of allylic oxidation sites excluding steroid dienone is 1. The molecule has 4 aromatic carbocycles. The highest BCUT2D eigenvalue weighted by atomic mass is 33.1. The number of hydrogen-bond donors (Lipinski definition) is 1. The Morgan fingerprint density at radius 3 is 2.13 bits per heavy atom. The Kier molecular flexibility index (Phi) is 12.3. The second-order valence-electron chi connectivity index (χ2n) is 11.5. The van der Waals surface area contributed by atoms with E-state index in [1.54, 1.807) is 49.4 Å². The summed E-state index contributed by atoms with van der Waals surface area (Å²) >= 11 is 0. The third-order valence-corrected chi connectivity index (χ3v) is 11.6. The summed E-state index contributed by atoms with van der Waals surface area (Å²) in [5, 5.41) is 12.8. The summed E-state index contributed by atoms with van der Waals surface area (Å²) in [6.45, 7) is 4.17. The number of nitrogens with one attached hydrogen (secondary N) is 1. The van der Waals surface area contributed by atoms with Gasteiger partial charge >= 0.3 is 16.1 Å². The molecule has 0 spiro atoms. The third kappa shape index (κ3) is 9.51. The molecule has 0 aliphatic carbocycles. The molecular formula is C36H33N3O10S3. The molecule has 270 valence electrons. The average Bonchev–Trinajstić information content (AvgIpc) is 3.13. The molecule has 5 rings (SSSR count). The van der Waals surface area contributed by atoms with Crippen LogP contribution in [-0.2, 0) is 40.0 Å². The van der Waals surface area contributed by atoms with Crippen molar-refractivity contribution >= 4 is 55.2 Å². The Balaban J connectivity index is 1.45. The summed E-state index contributed by atoms with van der Waals surface area (Å²) in [5.74, 6) is -2.44. The molecule has 1 fully saturated rings. The number of β-lactam (4-membered cyclic amide) rings is 1. The van der Waals surface area contributed by atoms with Crippen molar-refractivity contribution in [3.63, 3.8) is 0 Å². The quantitative estimate of drug-likeness (QED) is 0.0217. The number of esters is 1. The fourth-order valence-corrected chi connectivity index (χ4v) is 8.39. The number of rotatable bonds is 15. The Labute approximate surface area is 308 Å². The number of nitro groups is 1. The SMILES string of the molecule is C/C(OS(=O)(=O)c1ccc(C)cc1)=C(/C(=O)OCc1ccc([N+](=O)[O-])cc1)N1C(=O)C(NC(=O)COc2ccccc2)C1SSc1ccc(C)cc1. The number of nitrogens with zero attached hydrogens (tertiary/aromatic N) is 2. The number of amides is 2. The lowest BCUT2D eigenvalue weighted by atomic mass is 10.1. The smallest absolute Gasteiger partial charge is 0.359 e. The van der Waals surface area contributed by atoms with E-state index in [4.69, 9.17) is 13.7 Å². The van der Waals surface area contributed by atoms with Crippen LogP contribution in [0.25, 0.3) is 0 Å². The highest BCUT2D eigenvalue weighted by Crippen LogP contribution is 2.44. The summed E-state index contributed by atoms with van der Waals surface area (Å²) in [4.78, 5) is 52.9. The van der Waals surface area contributed by atoms with Gasteiger partial charge in [-0.15, -0.1) is 0 Å². The van der Waals surface area contributed by atoms with Crippen LogP contribution < -0.4 is 10.1 Å². The van der Waals surface area contributed by atoms with Gasteiger partial charge in [0.15, 0.2) is 12.3 Å². The first kappa shape index (κ1) is 37.9. The van der Waals surface area contributed by atoms with Gasteiger partial charge in [0.25, 0.3) is 17.5 Å². The van der Waals surface area contributed by atoms with Gasteiger partial charge in [-0.3, -0.25) is 24.6 Å². The number of non-ortho nitro benzene ring substituents is 1. The van der Waals surface area contributed by atoms with E-state index >= 15 is 0 Å². The van der Waals surface area contributed by atoms with Crippen LogP contribution in [0.1, 0.15) is 23.6 Å². The van der Waals surface area contributed by atoms with E-state index in [0.29, 0.717) is 11.3 Å². The van der Waals surface area contributed by atoms with Crippen LogP contribution in [0.3, 0.4) is 0 Å². The third-order valence-electron chi connectivity index (χ3n) is 7.57. The maximum Gasteiger partial charge on any atom is 0.359 e. The van der Waals surface area contributed by atoms with Crippen molar-refractivity contribution in [3.05, 3.63) is 141 Å². The number of likely N-dealkylation sites (tertiary alicyclic amines) is 1. The summed E-state index contributed by atoms with van der Waals surface area (Å²) < 4.78 is 43.2. The summed E-state index contributed by atoms with van der Waals surface area (Å²) in [7, 11) is -2.05. The molecule has 4 aromatic rings. The van der Waals surface area contributed by atoms with Crippen LogP contribution in [0.2, 0.25) is 0 Å². The van der Waals surface area contributed by atoms with Gasteiger partial charge in [0, 0.05) is 17.0 Å². The fraction of sp³-hybridized carbons (Fsp3) is 0.194. The summed E-state index contributed by atoms with van der Waals surface area (Å²) in [5.41, 5.74) is 1.56. The first-order chi connectivity index (χ1) is 24.8. The number of benzene rings is 4. The zero-order valence-corrected chi connectivity index (χ0v) is 30.5. The molecule has 0 saturated carbocycles. The molecular weight excluding hydrogens is 731 g/mol. The van der Waals surface area contributed by atoms with Crippen molar-refractivity contribution in [2.45, 2.75) is 48.6 Å². The highest BCUT2D eigenvalue weighted by Gasteiger charge is 2.53. The topological polar surface area (TPSA) is 171 Å². The second-order valence-corrected chi connectivity index (χ2v) is 15.4. The van der Waals surface area contributed by atoms with E-state index in [0.717, 1.165) is 31.7 Å². The van der Waals surface area contributed by atoms with Gasteiger partial charge in [-0.05, 0) is 74.9 Å². The van der Waals surface area contributed by atoms with E-state index in [-0.39, 0.29) is 17.2 Å². The van der Waals surface area contributed by atoms with Crippen LogP contribution >= 0.6 is 21.6 Å². The van der Waals surface area contributed by atoms with Gasteiger partial charge in [-0.2, -0.15) is 8.42 Å². The molecule has 0 radical (unpaired) electrons. The van der Waals surface area contributed by atoms with Gasteiger partial charge in [0.1, 0.15) is 34.4 Å². The van der Waals surface area contributed by atoms with Crippen LogP contribution in [-0.4, -0.2) is 54.0 Å². The molecule has 2 atom stereocenters. The van der Waals surface area contributed by atoms with E-state index < -0.39 is 62.3 Å². The standard InChI is InChI=1S/C36H33N3O10S3/c1-23-9-17-29(18-10-23)50-51-35-32(37-31(40)22-47-28-7-5-4-6-8-28)34(41)38(35)33(25(3)49-52(45,46)30-19-11-24(2)12-20-30)36(42)48-21-26-13-15-27(16-14-26)39(43)44/h4-20,32,35H,21-22H2,1-3H3,(H,37,40)/b33-25+. The molecule has 0 bridgehead atoms. The Hall–Kier alpha value is -5.32. The van der Waals surface area contributed by atoms with Crippen LogP contribution in [0.15, 0.2) is 124 Å². The molecule has 16 heteroatoms. The molecule has 1 saturated heterocycles. The highest BCUT2D eigenvalue weighted by molar-refractivity contribution is 8.77. The van der Waals surface area contributed by atoms with Crippen molar-refractivity contribution in [2.24, 2.45) is 0 Å². The van der Waals surface area contributed by atoms with Crippen LogP contribution in [0, 0.1) is 24.0 Å². The largest absolute Gasteiger partial charge is 0.484 e. The number of para-hydroxylation sites is 1. The number of ether oxygens (including phenoxy) is 2. The molecule has 0 aromatic heterocycles. The fourth-order valence-electron chi connectivity index (χ4n) is 4.81. The lowest BCUT2D eigenvalue weighted by molar-refractivity contribution is -0.384. The van der Waals surface area contributed by atoms with Crippen LogP contribution in [0.4, 0.5) is 5.69 Å². The predicted octanol–water partition coefficient (Wildman–Crippen LogP) is 6.06. The van der Waals surface area contributed by atoms with Gasteiger partial charge in [-0.25, -0.2) is 4.79 Å². The van der Waals surface area contributed by atoms with Crippen molar-refractivity contribution in [1.82, 2.24) is 10.2 Å². The molecule has 1 heterocycles. The van der Waals surface area contributed by atoms with Crippen molar-refractivity contribution in [2.75, 3.05) is 6.61 Å². The Bertz CT molecular complexity index is 2070. The van der Waals surface area contributed by atoms with Gasteiger partial charge in [0.2, 0.25) is 0 Å². The minimum atomic E-state index is -4.48. The number of aryl methyl sites for hydroxylation is 2. The van der Waals surface area contributed by atoms with Gasteiger partial charge in [-0.1, -0.05) is 75.2 Å². The van der Waals surface area contributed by atoms with Gasteiger partial charge < -0.3 is 19.0 Å². The minimum absolute atomic E-state index is 0.166. The molecule has 2 amide bonds. The first-order valence-corrected chi connectivity index (χ1v) is 19.3. The summed E-state index contributed by atoms with van der Waals surface area (Å²) in [6, 6.07) is 26.2. The minimum Gasteiger partial charge on any atom is -0.484 e. The molecule has 13 nitrogen and oxygen atoms in total. The maximum absolute atomic E-state index is 13.9. The monoisotopic (exact) mass is 763 g/mol. The Morgan fingerprint density at radius 1 is 0.904 bits per heavy atom. The molecule has 1 N–H and O–H groups in total. The normalized spacial score (nSPS) is 15.9. The van der Waals surface area contributed by atoms with Gasteiger partial charge in [0.05, 0.1) is 4.92 Å². The second kappa shape index (κ2) is 16.8. The Morgan fingerprint density at radius 2 is 1.52 bits per heavy atom. The molecule has 2 unspecified atom stereocenters. The first-order valence-electron chi connectivity index (χ1n) is 15.6. The molecule has 52 heavy (non-hydrogen) atoms. The number of nitro benzene ring substituents is 1. The summed E-state index contributed by atoms with van der Waals surface area (Å²) in [6.07, 6.45) is 0. The lowest BCUT2D eigenvalue weighted by Crippen LogP contribution is -2.69. The molecule has 1 aliphatic rings. The number of hydrogen-bond acceptors (Lipinski definition) is 12. The number of carbonyl (C=O) groups excluding carboxylic acids is 3. The molecule has 1 aliphatic heterocycles. The van der Waals surface area contributed by atoms with E-state index in [1.807, 2.05) is 31.2 Å².